The second-order valence-corrected chi connectivity index (χ2v) is 6.04. The lowest BCUT2D eigenvalue weighted by molar-refractivity contribution is -0.137. The second-order valence-electron chi connectivity index (χ2n) is 5.66. The summed E-state index contributed by atoms with van der Waals surface area (Å²) in [6.45, 7) is 0. The Labute approximate surface area is 117 Å². The molecule has 0 aliphatic heterocycles. The molecule has 2 aliphatic carbocycles. The molecule has 0 saturated heterocycles. The zero-order valence-corrected chi connectivity index (χ0v) is 11.4. The number of hydrogen-bond acceptors (Lipinski definition) is 2. The van der Waals surface area contributed by atoms with E-state index in [0.29, 0.717) is 10.9 Å². The number of benzene rings is 1. The third kappa shape index (κ3) is 2.32. The summed E-state index contributed by atoms with van der Waals surface area (Å²) in [6.07, 6.45) is 5.12. The van der Waals surface area contributed by atoms with E-state index in [9.17, 15) is 9.90 Å². The van der Waals surface area contributed by atoms with Gasteiger partial charge >= 0.3 is 5.97 Å². The van der Waals surface area contributed by atoms with Crippen molar-refractivity contribution in [3.05, 3.63) is 27.8 Å². The van der Waals surface area contributed by atoms with Crippen LogP contribution >= 0.6 is 11.6 Å². The minimum atomic E-state index is -0.812. The summed E-state index contributed by atoms with van der Waals surface area (Å²) in [7, 11) is 0. The van der Waals surface area contributed by atoms with Crippen LogP contribution in [0, 0.1) is 5.92 Å². The Balaban J connectivity index is 2.03. The number of rotatable bonds is 4. The van der Waals surface area contributed by atoms with Crippen molar-refractivity contribution in [2.24, 2.45) is 5.92 Å². The normalized spacial score (nSPS) is 19.2. The molecule has 0 bridgehead atoms. The van der Waals surface area contributed by atoms with E-state index >= 15 is 0 Å². The van der Waals surface area contributed by atoms with Crippen LogP contribution in [-0.4, -0.2) is 16.2 Å². The van der Waals surface area contributed by atoms with Crippen LogP contribution in [0.25, 0.3) is 0 Å². The summed E-state index contributed by atoms with van der Waals surface area (Å²) in [5.74, 6) is -0.410. The molecule has 3 rings (SSSR count). The maximum Gasteiger partial charge on any atom is 0.303 e. The molecule has 1 unspecified atom stereocenters. The summed E-state index contributed by atoms with van der Waals surface area (Å²) in [6, 6.07) is 2.00. The first kappa shape index (κ1) is 12.8. The Morgan fingerprint density at radius 1 is 1.42 bits per heavy atom. The van der Waals surface area contributed by atoms with Crippen molar-refractivity contribution < 1.29 is 15.0 Å². The van der Waals surface area contributed by atoms with E-state index in [1.165, 1.54) is 5.56 Å². The lowest BCUT2D eigenvalue weighted by Gasteiger charge is -2.19. The molecule has 0 spiro atoms. The summed E-state index contributed by atoms with van der Waals surface area (Å²) in [5.41, 5.74) is 2.98. The van der Waals surface area contributed by atoms with Crippen molar-refractivity contribution in [1.82, 2.24) is 0 Å². The van der Waals surface area contributed by atoms with Gasteiger partial charge in [0.1, 0.15) is 5.75 Å². The van der Waals surface area contributed by atoms with Crippen molar-refractivity contribution in [3.63, 3.8) is 0 Å². The standard InChI is InChI=1S/C15H17ClO3/c16-14-10-3-1-2-9(10)6-12(15(14)19)11(7-13(17)18)8-4-5-8/h6,8,11,19H,1-5,7H2,(H,17,18). The number of hydrogen-bond donors (Lipinski definition) is 2. The zero-order chi connectivity index (χ0) is 13.6. The predicted molar refractivity (Wildman–Crippen MR) is 72.9 cm³/mol. The molecule has 3 nitrogen and oxygen atoms in total. The first-order valence-corrected chi connectivity index (χ1v) is 7.20. The lowest BCUT2D eigenvalue weighted by atomic mass is 9.88. The number of carboxylic acid groups (broad SMARTS) is 1. The average molecular weight is 281 g/mol. The molecule has 1 aromatic carbocycles. The minimum Gasteiger partial charge on any atom is -0.506 e. The van der Waals surface area contributed by atoms with Crippen LogP contribution in [0.15, 0.2) is 6.07 Å². The van der Waals surface area contributed by atoms with E-state index in [-0.39, 0.29) is 18.1 Å². The number of fused-ring (bicyclic) bond motifs is 1. The highest BCUT2D eigenvalue weighted by molar-refractivity contribution is 6.33. The molecule has 2 N–H and O–H groups in total. The average Bonchev–Trinajstić information content (AvgIpc) is 3.09. The molecule has 1 fully saturated rings. The highest BCUT2D eigenvalue weighted by Crippen LogP contribution is 2.50. The molecule has 2 aliphatic rings. The highest BCUT2D eigenvalue weighted by atomic mass is 35.5. The monoisotopic (exact) mass is 280 g/mol. The highest BCUT2D eigenvalue weighted by Gasteiger charge is 2.36. The Hall–Kier alpha value is -1.22. The van der Waals surface area contributed by atoms with E-state index < -0.39 is 5.97 Å². The van der Waals surface area contributed by atoms with Crippen LogP contribution in [0.4, 0.5) is 0 Å². The van der Waals surface area contributed by atoms with E-state index in [4.69, 9.17) is 16.7 Å². The van der Waals surface area contributed by atoms with Gasteiger partial charge in [-0.3, -0.25) is 4.79 Å². The number of aryl methyl sites for hydroxylation is 1. The smallest absolute Gasteiger partial charge is 0.303 e. The van der Waals surface area contributed by atoms with E-state index in [1.54, 1.807) is 0 Å². The Kier molecular flexibility index (Phi) is 3.17. The molecule has 0 radical (unpaired) electrons. The molecule has 102 valence electrons. The van der Waals surface area contributed by atoms with Crippen LogP contribution in [-0.2, 0) is 17.6 Å². The fourth-order valence-electron chi connectivity index (χ4n) is 3.20. The van der Waals surface area contributed by atoms with Crippen LogP contribution in [0.1, 0.15) is 48.3 Å². The largest absolute Gasteiger partial charge is 0.506 e. The predicted octanol–water partition coefficient (Wildman–Crippen LogP) is 3.50. The molecular formula is C15H17ClO3. The van der Waals surface area contributed by atoms with Gasteiger partial charge in [-0.15, -0.1) is 0 Å². The summed E-state index contributed by atoms with van der Waals surface area (Å²) in [4.78, 5) is 11.0. The van der Waals surface area contributed by atoms with Crippen LogP contribution in [0.2, 0.25) is 5.02 Å². The molecule has 4 heteroatoms. The fourth-order valence-corrected chi connectivity index (χ4v) is 3.53. The van der Waals surface area contributed by atoms with Crippen molar-refractivity contribution in [2.75, 3.05) is 0 Å². The molecule has 0 aromatic heterocycles. The molecule has 0 heterocycles. The van der Waals surface area contributed by atoms with Crippen molar-refractivity contribution >= 4 is 17.6 Å². The zero-order valence-electron chi connectivity index (χ0n) is 10.7. The summed E-state index contributed by atoms with van der Waals surface area (Å²) >= 11 is 6.25. The summed E-state index contributed by atoms with van der Waals surface area (Å²) < 4.78 is 0. The third-order valence-corrected chi connectivity index (χ3v) is 4.73. The van der Waals surface area contributed by atoms with Gasteiger partial charge < -0.3 is 10.2 Å². The van der Waals surface area contributed by atoms with Crippen molar-refractivity contribution in [2.45, 2.75) is 44.4 Å². The van der Waals surface area contributed by atoms with Gasteiger partial charge in [0.2, 0.25) is 0 Å². The van der Waals surface area contributed by atoms with Gasteiger partial charge in [-0.2, -0.15) is 0 Å². The van der Waals surface area contributed by atoms with Gasteiger partial charge in [0, 0.05) is 5.92 Å². The Morgan fingerprint density at radius 3 is 2.79 bits per heavy atom. The summed E-state index contributed by atoms with van der Waals surface area (Å²) in [5, 5.41) is 19.8. The second kappa shape index (κ2) is 4.71. The van der Waals surface area contributed by atoms with Crippen molar-refractivity contribution in [1.29, 1.82) is 0 Å². The molecule has 1 atom stereocenters. The maximum atomic E-state index is 11.0. The first-order valence-electron chi connectivity index (χ1n) is 6.83. The van der Waals surface area contributed by atoms with Gasteiger partial charge in [0.25, 0.3) is 0 Å². The number of phenols is 1. The number of phenolic OH excluding ortho intramolecular Hbond substituents is 1. The van der Waals surface area contributed by atoms with Gasteiger partial charge in [0.05, 0.1) is 11.4 Å². The number of carbonyl (C=O) groups is 1. The molecule has 1 aromatic rings. The van der Waals surface area contributed by atoms with Crippen LogP contribution in [0.3, 0.4) is 0 Å². The molecule has 1 saturated carbocycles. The van der Waals surface area contributed by atoms with Gasteiger partial charge in [-0.05, 0) is 54.7 Å². The molecule has 19 heavy (non-hydrogen) atoms. The Morgan fingerprint density at radius 2 is 2.16 bits per heavy atom. The van der Waals surface area contributed by atoms with E-state index in [1.807, 2.05) is 6.07 Å². The number of aromatic hydroxyl groups is 1. The third-order valence-electron chi connectivity index (χ3n) is 4.32. The van der Waals surface area contributed by atoms with Gasteiger partial charge in [0.15, 0.2) is 0 Å². The number of carboxylic acids is 1. The maximum absolute atomic E-state index is 11.0. The topological polar surface area (TPSA) is 57.5 Å². The van der Waals surface area contributed by atoms with E-state index in [0.717, 1.165) is 43.2 Å². The SMILES string of the molecule is O=C(O)CC(c1cc2c(c(Cl)c1O)CCC2)C1CC1. The lowest BCUT2D eigenvalue weighted by Crippen LogP contribution is -2.09. The van der Waals surface area contributed by atoms with Crippen LogP contribution in [0.5, 0.6) is 5.75 Å². The van der Waals surface area contributed by atoms with E-state index in [2.05, 4.69) is 0 Å². The van der Waals surface area contributed by atoms with Crippen LogP contribution < -0.4 is 0 Å². The van der Waals surface area contributed by atoms with Gasteiger partial charge in [-0.1, -0.05) is 17.7 Å². The minimum absolute atomic E-state index is 0.0767. The number of aliphatic carboxylic acids is 1. The van der Waals surface area contributed by atoms with Crippen molar-refractivity contribution in [3.8, 4) is 5.75 Å². The number of halogens is 1. The fraction of sp³-hybridized carbons (Fsp3) is 0.533. The molecule has 0 amide bonds. The quantitative estimate of drug-likeness (QED) is 0.887. The van der Waals surface area contributed by atoms with Gasteiger partial charge in [-0.25, -0.2) is 0 Å². The molecular weight excluding hydrogens is 264 g/mol. The Bertz CT molecular complexity index is 535. The first-order chi connectivity index (χ1) is 9.08.